The van der Waals surface area contributed by atoms with Crippen molar-refractivity contribution in [2.24, 2.45) is 0 Å². The molecule has 0 bridgehead atoms. The standard InChI is InChI=1S/C18H26O4Si/c1-4-17(19)22-13-8-7-9-14-23-16-12-10-11-15(20-5-2)18(16)21-6-3/h4,10-12H,1,5-9,13-14H2,2-3H3. The predicted molar refractivity (Wildman–Crippen MR) is 94.0 cm³/mol. The summed E-state index contributed by atoms with van der Waals surface area (Å²) in [4.78, 5) is 10.9. The highest BCUT2D eigenvalue weighted by Crippen LogP contribution is 2.24. The average Bonchev–Trinajstić information content (AvgIpc) is 2.56. The van der Waals surface area contributed by atoms with Crippen molar-refractivity contribution in [3.8, 4) is 11.5 Å². The summed E-state index contributed by atoms with van der Waals surface area (Å²) in [5.74, 6) is 1.37. The third-order valence-corrected chi connectivity index (χ3v) is 4.49. The number of benzene rings is 1. The highest BCUT2D eigenvalue weighted by molar-refractivity contribution is 6.54. The van der Waals surface area contributed by atoms with E-state index in [1.165, 1.54) is 11.3 Å². The van der Waals surface area contributed by atoms with Gasteiger partial charge in [-0.25, -0.2) is 4.79 Å². The van der Waals surface area contributed by atoms with Crippen molar-refractivity contribution < 1.29 is 19.0 Å². The normalized spacial score (nSPS) is 10.2. The first-order valence-corrected chi connectivity index (χ1v) is 9.35. The van der Waals surface area contributed by atoms with Gasteiger partial charge in [0.2, 0.25) is 0 Å². The summed E-state index contributed by atoms with van der Waals surface area (Å²) in [6.07, 6.45) is 4.24. The van der Waals surface area contributed by atoms with Crippen LogP contribution >= 0.6 is 0 Å². The van der Waals surface area contributed by atoms with E-state index in [-0.39, 0.29) is 5.97 Å². The average molecular weight is 334 g/mol. The van der Waals surface area contributed by atoms with Crippen LogP contribution in [0.15, 0.2) is 30.9 Å². The molecular weight excluding hydrogens is 308 g/mol. The second-order valence-corrected chi connectivity index (χ2v) is 6.25. The van der Waals surface area contributed by atoms with Gasteiger partial charge in [-0.15, -0.1) is 0 Å². The van der Waals surface area contributed by atoms with Crippen LogP contribution < -0.4 is 14.7 Å². The van der Waals surface area contributed by atoms with Gasteiger partial charge >= 0.3 is 5.97 Å². The molecule has 0 unspecified atom stereocenters. The highest BCUT2D eigenvalue weighted by Gasteiger charge is 2.10. The first-order valence-electron chi connectivity index (χ1n) is 8.14. The number of carbonyl (C=O) groups excluding carboxylic acids is 1. The first kappa shape index (κ1) is 19.3. The number of unbranched alkanes of at least 4 members (excludes halogenated alkanes) is 2. The van der Waals surface area contributed by atoms with Crippen LogP contribution in [0, 0.1) is 0 Å². The van der Waals surface area contributed by atoms with Gasteiger partial charge < -0.3 is 14.2 Å². The van der Waals surface area contributed by atoms with E-state index in [0.717, 1.165) is 36.8 Å². The maximum atomic E-state index is 10.9. The number of hydrogen-bond acceptors (Lipinski definition) is 4. The van der Waals surface area contributed by atoms with Gasteiger partial charge in [0.05, 0.1) is 29.3 Å². The Morgan fingerprint density at radius 3 is 2.65 bits per heavy atom. The molecule has 0 amide bonds. The van der Waals surface area contributed by atoms with E-state index in [2.05, 4.69) is 12.6 Å². The molecule has 5 heteroatoms. The summed E-state index contributed by atoms with van der Waals surface area (Å²) in [6, 6.07) is 7.18. The summed E-state index contributed by atoms with van der Waals surface area (Å²) < 4.78 is 16.4. The van der Waals surface area contributed by atoms with E-state index >= 15 is 0 Å². The van der Waals surface area contributed by atoms with E-state index in [9.17, 15) is 4.79 Å². The smallest absolute Gasteiger partial charge is 0.330 e. The van der Waals surface area contributed by atoms with Crippen LogP contribution in [0.1, 0.15) is 33.1 Å². The monoisotopic (exact) mass is 334 g/mol. The maximum absolute atomic E-state index is 10.9. The summed E-state index contributed by atoms with van der Waals surface area (Å²) >= 11 is 0. The van der Waals surface area contributed by atoms with Crippen molar-refractivity contribution in [3.05, 3.63) is 30.9 Å². The molecule has 0 aliphatic carbocycles. The van der Waals surface area contributed by atoms with Crippen LogP contribution in [0.2, 0.25) is 6.04 Å². The zero-order valence-corrected chi connectivity index (χ0v) is 15.1. The molecule has 2 radical (unpaired) electrons. The Hall–Kier alpha value is -1.75. The van der Waals surface area contributed by atoms with Gasteiger partial charge in [0.15, 0.2) is 11.5 Å². The lowest BCUT2D eigenvalue weighted by molar-refractivity contribution is -0.137. The summed E-state index contributed by atoms with van der Waals surface area (Å²) in [7, 11) is 0.692. The van der Waals surface area contributed by atoms with Gasteiger partial charge in [-0.3, -0.25) is 0 Å². The van der Waals surface area contributed by atoms with E-state index in [1.54, 1.807) is 0 Å². The van der Waals surface area contributed by atoms with Crippen LogP contribution in [0.3, 0.4) is 0 Å². The van der Waals surface area contributed by atoms with Crippen LogP contribution in [0.25, 0.3) is 0 Å². The van der Waals surface area contributed by atoms with E-state index in [4.69, 9.17) is 14.2 Å². The molecule has 0 fully saturated rings. The Kier molecular flexibility index (Phi) is 9.87. The van der Waals surface area contributed by atoms with Gasteiger partial charge in [0.1, 0.15) is 0 Å². The molecule has 1 aromatic carbocycles. The van der Waals surface area contributed by atoms with Crippen molar-refractivity contribution in [2.45, 2.75) is 39.2 Å². The largest absolute Gasteiger partial charge is 0.490 e. The van der Waals surface area contributed by atoms with Gasteiger partial charge in [0.25, 0.3) is 0 Å². The molecule has 0 aromatic heterocycles. The zero-order chi connectivity index (χ0) is 16.9. The van der Waals surface area contributed by atoms with Crippen molar-refractivity contribution in [1.82, 2.24) is 0 Å². The minimum atomic E-state index is -0.346. The van der Waals surface area contributed by atoms with E-state index in [0.29, 0.717) is 29.3 Å². The molecule has 0 aliphatic heterocycles. The van der Waals surface area contributed by atoms with Gasteiger partial charge in [-0.1, -0.05) is 37.6 Å². The van der Waals surface area contributed by atoms with Crippen molar-refractivity contribution in [1.29, 1.82) is 0 Å². The minimum absolute atomic E-state index is 0.346. The number of esters is 1. The molecule has 0 heterocycles. The van der Waals surface area contributed by atoms with Crippen molar-refractivity contribution >= 4 is 20.7 Å². The fourth-order valence-electron chi connectivity index (χ4n) is 2.08. The third kappa shape index (κ3) is 7.37. The Morgan fingerprint density at radius 2 is 1.96 bits per heavy atom. The second kappa shape index (κ2) is 11.8. The quantitative estimate of drug-likeness (QED) is 0.255. The number of ether oxygens (including phenoxy) is 3. The van der Waals surface area contributed by atoms with Crippen LogP contribution in [0.4, 0.5) is 0 Å². The second-order valence-electron chi connectivity index (χ2n) is 4.86. The van der Waals surface area contributed by atoms with Gasteiger partial charge in [-0.2, -0.15) is 0 Å². The van der Waals surface area contributed by atoms with Crippen molar-refractivity contribution in [2.75, 3.05) is 19.8 Å². The molecule has 0 atom stereocenters. The van der Waals surface area contributed by atoms with E-state index < -0.39 is 0 Å². The lowest BCUT2D eigenvalue weighted by Crippen LogP contribution is -2.18. The third-order valence-electron chi connectivity index (χ3n) is 3.11. The first-order chi connectivity index (χ1) is 11.2. The Morgan fingerprint density at radius 1 is 1.17 bits per heavy atom. The Labute approximate surface area is 141 Å². The molecule has 4 nitrogen and oxygen atoms in total. The van der Waals surface area contributed by atoms with E-state index in [1.807, 2.05) is 26.0 Å². The molecular formula is C18H26O4Si. The van der Waals surface area contributed by atoms with Gasteiger partial charge in [-0.05, 0) is 31.5 Å². The molecule has 0 N–H and O–H groups in total. The molecule has 1 rings (SSSR count). The van der Waals surface area contributed by atoms with Crippen molar-refractivity contribution in [3.63, 3.8) is 0 Å². The maximum Gasteiger partial charge on any atom is 0.330 e. The predicted octanol–water partition coefficient (Wildman–Crippen LogP) is 3.13. The number of hydrogen-bond donors (Lipinski definition) is 0. The topological polar surface area (TPSA) is 44.8 Å². The number of rotatable bonds is 12. The lowest BCUT2D eigenvalue weighted by atomic mass is 10.3. The molecule has 0 saturated heterocycles. The molecule has 1 aromatic rings. The number of carbonyl (C=O) groups is 1. The molecule has 126 valence electrons. The number of para-hydroxylation sites is 1. The van der Waals surface area contributed by atoms with Crippen LogP contribution in [-0.2, 0) is 9.53 Å². The highest BCUT2D eigenvalue weighted by atomic mass is 28.2. The van der Waals surface area contributed by atoms with Crippen LogP contribution in [-0.4, -0.2) is 35.3 Å². The zero-order valence-electron chi connectivity index (χ0n) is 14.1. The molecule has 0 spiro atoms. The fraction of sp³-hybridized carbons (Fsp3) is 0.500. The Bertz CT molecular complexity index is 488. The SMILES string of the molecule is C=CC(=O)OCCCCC[Si]c1cccc(OCC)c1OCC. The summed E-state index contributed by atoms with van der Waals surface area (Å²) in [6.45, 7) is 9.07. The molecule has 0 saturated carbocycles. The minimum Gasteiger partial charge on any atom is -0.490 e. The lowest BCUT2D eigenvalue weighted by Gasteiger charge is -2.14. The molecule has 0 aliphatic rings. The van der Waals surface area contributed by atoms with Gasteiger partial charge in [0, 0.05) is 6.08 Å². The summed E-state index contributed by atoms with van der Waals surface area (Å²) in [5, 5.41) is 1.22. The molecule has 23 heavy (non-hydrogen) atoms. The fourth-order valence-corrected chi connectivity index (χ4v) is 3.34. The summed E-state index contributed by atoms with van der Waals surface area (Å²) in [5.41, 5.74) is 0. The Balaban J connectivity index is 2.37. The van der Waals surface area contributed by atoms with Crippen LogP contribution in [0.5, 0.6) is 11.5 Å².